The number of carboxylic acid groups (broad SMARTS) is 1. The first-order valence-corrected chi connectivity index (χ1v) is 9.98. The van der Waals surface area contributed by atoms with E-state index in [1.807, 2.05) is 18.7 Å². The van der Waals surface area contributed by atoms with E-state index in [0.29, 0.717) is 5.69 Å². The van der Waals surface area contributed by atoms with Gasteiger partial charge in [-0.3, -0.25) is 0 Å². The van der Waals surface area contributed by atoms with Crippen LogP contribution in [0.1, 0.15) is 56.3 Å². The van der Waals surface area contributed by atoms with Crippen molar-refractivity contribution in [2.75, 3.05) is 18.0 Å². The quantitative estimate of drug-likeness (QED) is 0.786. The van der Waals surface area contributed by atoms with E-state index in [2.05, 4.69) is 4.72 Å². The molecule has 1 heterocycles. The standard InChI is InChI=1S/C17H26N2O4S/c1-3-7-13(2)18-24(22,23)16-12-14(17(20)21)8-9-15(16)19-10-5-4-6-11-19/h8-9,12-13,18H,3-7,10-11H2,1-2H3,(H,20,21)/t13-/m1/s1. The Morgan fingerprint density at radius 2 is 1.96 bits per heavy atom. The Bertz CT molecular complexity index is 682. The molecule has 0 aromatic heterocycles. The summed E-state index contributed by atoms with van der Waals surface area (Å²) in [5.41, 5.74) is 0.579. The Kier molecular flexibility index (Phi) is 6.23. The molecule has 24 heavy (non-hydrogen) atoms. The van der Waals surface area contributed by atoms with E-state index in [0.717, 1.165) is 45.2 Å². The summed E-state index contributed by atoms with van der Waals surface area (Å²) in [5.74, 6) is -1.13. The second-order valence-electron chi connectivity index (χ2n) is 6.35. The summed E-state index contributed by atoms with van der Waals surface area (Å²) in [4.78, 5) is 13.4. The predicted molar refractivity (Wildman–Crippen MR) is 94.2 cm³/mol. The Morgan fingerprint density at radius 3 is 2.54 bits per heavy atom. The first kappa shape index (κ1) is 18.7. The highest BCUT2D eigenvalue weighted by atomic mass is 32.2. The van der Waals surface area contributed by atoms with Crippen LogP contribution in [-0.2, 0) is 10.0 Å². The molecule has 1 aromatic rings. The molecular weight excluding hydrogens is 328 g/mol. The van der Waals surface area contributed by atoms with E-state index in [9.17, 15) is 18.3 Å². The van der Waals surface area contributed by atoms with Crippen LogP contribution in [-0.4, -0.2) is 38.6 Å². The largest absolute Gasteiger partial charge is 0.478 e. The van der Waals surface area contributed by atoms with Crippen LogP contribution < -0.4 is 9.62 Å². The van der Waals surface area contributed by atoms with Crippen LogP contribution in [0.2, 0.25) is 0 Å². The van der Waals surface area contributed by atoms with Crippen molar-refractivity contribution in [3.05, 3.63) is 23.8 Å². The fourth-order valence-electron chi connectivity index (χ4n) is 3.08. The summed E-state index contributed by atoms with van der Waals surface area (Å²) in [6, 6.07) is 4.17. The van der Waals surface area contributed by atoms with E-state index >= 15 is 0 Å². The van der Waals surface area contributed by atoms with Gasteiger partial charge in [-0.25, -0.2) is 17.9 Å². The molecule has 2 N–H and O–H groups in total. The van der Waals surface area contributed by atoms with Gasteiger partial charge in [0.25, 0.3) is 0 Å². The number of nitrogens with zero attached hydrogens (tertiary/aromatic N) is 1. The lowest BCUT2D eigenvalue weighted by Gasteiger charge is -2.30. The minimum absolute atomic E-state index is 0.0146. The molecule has 7 heteroatoms. The molecule has 0 amide bonds. The summed E-state index contributed by atoms with van der Waals surface area (Å²) in [6.45, 7) is 5.40. The van der Waals surface area contributed by atoms with Crippen LogP contribution in [0.15, 0.2) is 23.1 Å². The van der Waals surface area contributed by atoms with Crippen molar-refractivity contribution < 1.29 is 18.3 Å². The number of sulfonamides is 1. The number of hydrogen-bond donors (Lipinski definition) is 2. The molecular formula is C17H26N2O4S. The summed E-state index contributed by atoms with van der Waals surface area (Å²) < 4.78 is 28.3. The lowest BCUT2D eigenvalue weighted by molar-refractivity contribution is 0.0696. The average molecular weight is 354 g/mol. The molecule has 0 saturated carbocycles. The molecule has 1 aliphatic rings. The molecule has 134 valence electrons. The van der Waals surface area contributed by atoms with Gasteiger partial charge < -0.3 is 10.0 Å². The maximum absolute atomic E-state index is 12.8. The maximum atomic E-state index is 12.8. The first-order chi connectivity index (χ1) is 11.3. The van der Waals surface area contributed by atoms with Gasteiger partial charge >= 0.3 is 5.97 Å². The van der Waals surface area contributed by atoms with Gasteiger partial charge in [0.15, 0.2) is 0 Å². The summed E-state index contributed by atoms with van der Waals surface area (Å²) in [6.07, 6.45) is 4.77. The molecule has 1 aromatic carbocycles. The number of hydrogen-bond acceptors (Lipinski definition) is 4. The van der Waals surface area contributed by atoms with Gasteiger partial charge in [0.05, 0.1) is 11.3 Å². The highest BCUT2D eigenvalue weighted by molar-refractivity contribution is 7.89. The molecule has 1 saturated heterocycles. The molecule has 0 aliphatic carbocycles. The van der Waals surface area contributed by atoms with Gasteiger partial charge in [0.1, 0.15) is 4.90 Å². The van der Waals surface area contributed by atoms with Gasteiger partial charge in [-0.1, -0.05) is 13.3 Å². The van der Waals surface area contributed by atoms with E-state index in [1.54, 1.807) is 6.07 Å². The van der Waals surface area contributed by atoms with Crippen molar-refractivity contribution in [2.45, 2.75) is 56.9 Å². The van der Waals surface area contributed by atoms with Crippen LogP contribution in [0.4, 0.5) is 5.69 Å². The van der Waals surface area contributed by atoms with Crippen LogP contribution in [0.3, 0.4) is 0 Å². The number of benzene rings is 1. The maximum Gasteiger partial charge on any atom is 0.335 e. The van der Waals surface area contributed by atoms with Crippen molar-refractivity contribution in [3.63, 3.8) is 0 Å². The zero-order valence-corrected chi connectivity index (χ0v) is 15.1. The Labute approximate surface area is 143 Å². The minimum Gasteiger partial charge on any atom is -0.478 e. The van der Waals surface area contributed by atoms with Crippen molar-refractivity contribution >= 4 is 21.7 Å². The number of rotatable bonds is 7. The highest BCUT2D eigenvalue weighted by Crippen LogP contribution is 2.29. The molecule has 0 spiro atoms. The lowest BCUT2D eigenvalue weighted by Crippen LogP contribution is -2.35. The number of carboxylic acids is 1. The minimum atomic E-state index is -3.77. The number of aromatic carboxylic acids is 1. The van der Waals surface area contributed by atoms with Crippen LogP contribution in [0.5, 0.6) is 0 Å². The van der Waals surface area contributed by atoms with E-state index in [4.69, 9.17) is 0 Å². The van der Waals surface area contributed by atoms with Crippen LogP contribution in [0, 0.1) is 0 Å². The molecule has 0 radical (unpaired) electrons. The monoisotopic (exact) mass is 354 g/mol. The topological polar surface area (TPSA) is 86.7 Å². The van der Waals surface area contributed by atoms with Crippen molar-refractivity contribution in [3.8, 4) is 0 Å². The molecule has 1 fully saturated rings. The average Bonchev–Trinajstić information content (AvgIpc) is 2.54. The third-order valence-corrected chi connectivity index (χ3v) is 5.89. The fraction of sp³-hybridized carbons (Fsp3) is 0.588. The normalized spacial score (nSPS) is 16.8. The molecule has 1 aliphatic heterocycles. The number of carbonyl (C=O) groups is 1. The molecule has 0 unspecified atom stereocenters. The number of piperidine rings is 1. The van der Waals surface area contributed by atoms with Crippen molar-refractivity contribution in [2.24, 2.45) is 0 Å². The highest BCUT2D eigenvalue weighted by Gasteiger charge is 2.25. The third-order valence-electron chi connectivity index (χ3n) is 4.27. The number of anilines is 1. The van der Waals surface area contributed by atoms with Crippen molar-refractivity contribution in [1.82, 2.24) is 4.72 Å². The Balaban J connectivity index is 2.43. The van der Waals surface area contributed by atoms with E-state index < -0.39 is 16.0 Å². The van der Waals surface area contributed by atoms with Crippen LogP contribution in [0.25, 0.3) is 0 Å². The zero-order valence-electron chi connectivity index (χ0n) is 14.3. The second-order valence-corrected chi connectivity index (χ2v) is 8.03. The van der Waals surface area contributed by atoms with E-state index in [1.165, 1.54) is 12.1 Å². The summed E-state index contributed by atoms with van der Waals surface area (Å²) in [5, 5.41) is 9.21. The van der Waals surface area contributed by atoms with E-state index in [-0.39, 0.29) is 16.5 Å². The molecule has 0 bridgehead atoms. The Hall–Kier alpha value is -1.60. The van der Waals surface area contributed by atoms with Crippen molar-refractivity contribution in [1.29, 1.82) is 0 Å². The SMILES string of the molecule is CCC[C@@H](C)NS(=O)(=O)c1cc(C(=O)O)ccc1N1CCCCC1. The van der Waals surface area contributed by atoms with Gasteiger partial charge in [0, 0.05) is 19.1 Å². The summed E-state index contributed by atoms with van der Waals surface area (Å²) in [7, 11) is -3.77. The smallest absolute Gasteiger partial charge is 0.335 e. The predicted octanol–water partition coefficient (Wildman–Crippen LogP) is 2.84. The second kappa shape index (κ2) is 7.98. The third kappa shape index (κ3) is 4.48. The van der Waals surface area contributed by atoms with Crippen LogP contribution >= 0.6 is 0 Å². The Morgan fingerprint density at radius 1 is 1.29 bits per heavy atom. The van der Waals surface area contributed by atoms with Gasteiger partial charge in [-0.2, -0.15) is 0 Å². The van der Waals surface area contributed by atoms with Gasteiger partial charge in [-0.05, 0) is 50.8 Å². The molecule has 2 rings (SSSR count). The zero-order chi connectivity index (χ0) is 17.7. The fourth-order valence-corrected chi connectivity index (χ4v) is 4.61. The lowest BCUT2D eigenvalue weighted by atomic mass is 10.1. The van der Waals surface area contributed by atoms with Gasteiger partial charge in [-0.15, -0.1) is 0 Å². The van der Waals surface area contributed by atoms with Gasteiger partial charge in [0.2, 0.25) is 10.0 Å². The molecule has 1 atom stereocenters. The number of nitrogens with one attached hydrogen (secondary N) is 1. The molecule has 6 nitrogen and oxygen atoms in total. The summed E-state index contributed by atoms with van der Waals surface area (Å²) >= 11 is 0. The first-order valence-electron chi connectivity index (χ1n) is 8.49.